The van der Waals surface area contributed by atoms with Crippen LogP contribution in [0.2, 0.25) is 0 Å². The Bertz CT molecular complexity index is 1200. The summed E-state index contributed by atoms with van der Waals surface area (Å²) in [7, 11) is 1.60. The Kier molecular flexibility index (Phi) is 11.8. The lowest BCUT2D eigenvalue weighted by Crippen LogP contribution is -2.42. The van der Waals surface area contributed by atoms with E-state index in [1.165, 1.54) is 16.7 Å². The first kappa shape index (κ1) is 29.5. The molecule has 0 radical (unpaired) electrons. The number of pyridine rings is 1. The predicted octanol–water partition coefficient (Wildman–Crippen LogP) is 5.12. The van der Waals surface area contributed by atoms with Crippen molar-refractivity contribution in [1.29, 1.82) is 0 Å². The van der Waals surface area contributed by atoms with Gasteiger partial charge >= 0.3 is 0 Å². The van der Waals surface area contributed by atoms with Gasteiger partial charge in [0.15, 0.2) is 5.96 Å². The molecule has 2 heterocycles. The number of rotatable bonds is 5. The van der Waals surface area contributed by atoms with E-state index in [2.05, 4.69) is 15.3 Å². The van der Waals surface area contributed by atoms with Gasteiger partial charge in [-0.15, -0.1) is 0 Å². The second kappa shape index (κ2) is 14.8. The van der Waals surface area contributed by atoms with Crippen molar-refractivity contribution >= 4 is 35.2 Å². The van der Waals surface area contributed by atoms with Crippen LogP contribution in [0.25, 0.3) is 0 Å². The molecule has 8 nitrogen and oxygen atoms in total. The fourth-order valence-corrected chi connectivity index (χ4v) is 4.12. The van der Waals surface area contributed by atoms with E-state index >= 15 is 0 Å². The summed E-state index contributed by atoms with van der Waals surface area (Å²) < 4.78 is 0. The lowest BCUT2D eigenvalue weighted by Gasteiger charge is -2.25. The van der Waals surface area contributed by atoms with Gasteiger partial charge in [-0.2, -0.15) is 0 Å². The Morgan fingerprint density at radius 1 is 1.11 bits per heavy atom. The third-order valence-corrected chi connectivity index (χ3v) is 5.92. The highest BCUT2D eigenvalue weighted by molar-refractivity contribution is 7.99. The van der Waals surface area contributed by atoms with Gasteiger partial charge in [0.05, 0.1) is 12.5 Å². The molecular formula is C28H35N5O3S. The standard InChI is InChI=1S/C23H21N5O2S.C3H8O.C2H6/c1-28-20(29)14-18(27-23(28)24)15-7-5-8-16(13-15)26-22(30)21-19(11-6-12-25-21)31-17-9-3-2-4-10-17;1-3(2)4;1-2/h2-13,18H,14H2,1H3,(H2,24,27)(H,26,30);3-4H,1-2H3;1-2H3. The van der Waals surface area contributed by atoms with Gasteiger partial charge in [0.2, 0.25) is 5.91 Å². The Morgan fingerprint density at radius 2 is 1.78 bits per heavy atom. The summed E-state index contributed by atoms with van der Waals surface area (Å²) >= 11 is 1.48. The number of hydrogen-bond donors (Lipinski definition) is 3. The van der Waals surface area contributed by atoms with Crippen molar-refractivity contribution in [2.45, 2.75) is 56.1 Å². The number of aliphatic hydroxyl groups excluding tert-OH is 1. The molecule has 0 saturated carbocycles. The number of hydrogen-bond acceptors (Lipinski definition) is 7. The molecule has 1 aromatic heterocycles. The number of anilines is 1. The Hall–Kier alpha value is -3.69. The normalized spacial score (nSPS) is 14.6. The molecule has 4 rings (SSSR count). The number of nitrogens with one attached hydrogen (secondary N) is 1. The molecule has 0 spiro atoms. The van der Waals surface area contributed by atoms with E-state index in [0.717, 1.165) is 15.4 Å². The summed E-state index contributed by atoms with van der Waals surface area (Å²) in [6.07, 6.45) is 1.66. The quantitative estimate of drug-likeness (QED) is 0.429. The van der Waals surface area contributed by atoms with Crippen molar-refractivity contribution in [2.75, 3.05) is 12.4 Å². The van der Waals surface area contributed by atoms with Crippen LogP contribution in [0.3, 0.4) is 0 Å². The topological polar surface area (TPSA) is 121 Å². The highest BCUT2D eigenvalue weighted by Gasteiger charge is 2.26. The molecule has 1 aliphatic heterocycles. The summed E-state index contributed by atoms with van der Waals surface area (Å²) in [6.45, 7) is 7.44. The largest absolute Gasteiger partial charge is 0.394 e. The molecule has 1 unspecified atom stereocenters. The molecule has 4 N–H and O–H groups in total. The summed E-state index contributed by atoms with van der Waals surface area (Å²) in [5, 5.41) is 11.0. The first-order valence-corrected chi connectivity index (χ1v) is 12.9. The van der Waals surface area contributed by atoms with Crippen molar-refractivity contribution in [1.82, 2.24) is 9.88 Å². The molecule has 0 bridgehead atoms. The van der Waals surface area contributed by atoms with E-state index in [9.17, 15) is 9.59 Å². The number of carbonyl (C=O) groups is 2. The fraction of sp³-hybridized carbons (Fsp3) is 0.286. The Labute approximate surface area is 223 Å². The second-order valence-corrected chi connectivity index (χ2v) is 9.21. The minimum Gasteiger partial charge on any atom is -0.394 e. The smallest absolute Gasteiger partial charge is 0.275 e. The molecule has 37 heavy (non-hydrogen) atoms. The molecule has 0 aliphatic carbocycles. The van der Waals surface area contributed by atoms with Crippen molar-refractivity contribution in [3.8, 4) is 0 Å². The molecule has 9 heteroatoms. The second-order valence-electron chi connectivity index (χ2n) is 8.10. The van der Waals surface area contributed by atoms with E-state index in [-0.39, 0.29) is 36.3 Å². The summed E-state index contributed by atoms with van der Waals surface area (Å²) in [5.74, 6) is -0.214. The van der Waals surface area contributed by atoms with E-state index in [0.29, 0.717) is 11.4 Å². The van der Waals surface area contributed by atoms with Gasteiger partial charge in [0.25, 0.3) is 5.91 Å². The number of amides is 2. The van der Waals surface area contributed by atoms with Gasteiger partial charge in [0, 0.05) is 34.8 Å². The van der Waals surface area contributed by atoms with E-state index in [1.807, 2.05) is 74.5 Å². The molecule has 2 aromatic carbocycles. The van der Waals surface area contributed by atoms with Crippen LogP contribution in [-0.4, -0.2) is 45.9 Å². The maximum absolute atomic E-state index is 13.0. The summed E-state index contributed by atoms with van der Waals surface area (Å²) in [6, 6.07) is 20.4. The number of nitrogens with zero attached hydrogens (tertiary/aromatic N) is 3. The van der Waals surface area contributed by atoms with Crippen molar-refractivity contribution in [2.24, 2.45) is 10.7 Å². The predicted molar refractivity (Wildman–Crippen MR) is 150 cm³/mol. The number of carbonyl (C=O) groups excluding carboxylic acids is 2. The number of benzene rings is 2. The number of aromatic nitrogens is 1. The maximum atomic E-state index is 13.0. The molecule has 1 aliphatic rings. The average molecular weight is 522 g/mol. The van der Waals surface area contributed by atoms with Gasteiger partial charge in [-0.05, 0) is 55.8 Å². The van der Waals surface area contributed by atoms with Crippen LogP contribution in [0.1, 0.15) is 56.2 Å². The van der Waals surface area contributed by atoms with Crippen molar-refractivity contribution in [3.05, 3.63) is 84.2 Å². The van der Waals surface area contributed by atoms with Crippen LogP contribution < -0.4 is 11.1 Å². The Morgan fingerprint density at radius 3 is 2.43 bits per heavy atom. The Balaban J connectivity index is 0.000000733. The number of guanidine groups is 1. The third-order valence-electron chi connectivity index (χ3n) is 4.86. The molecule has 2 amide bonds. The molecule has 3 aromatic rings. The van der Waals surface area contributed by atoms with Crippen LogP contribution >= 0.6 is 11.8 Å². The minimum absolute atomic E-state index is 0.0944. The molecular weight excluding hydrogens is 486 g/mol. The average Bonchev–Trinajstić information content (AvgIpc) is 2.89. The SMILES string of the molecule is CC.CC(C)O.CN1C(=O)CC(c2cccc(NC(=O)c3ncccc3Sc3ccccc3)c2)N=C1N. The number of aliphatic hydroxyl groups is 1. The van der Waals surface area contributed by atoms with Crippen LogP contribution in [0.5, 0.6) is 0 Å². The summed E-state index contributed by atoms with van der Waals surface area (Å²) in [5.41, 5.74) is 7.60. The van der Waals surface area contributed by atoms with E-state index in [4.69, 9.17) is 10.8 Å². The zero-order valence-corrected chi connectivity index (χ0v) is 22.7. The van der Waals surface area contributed by atoms with Gasteiger partial charge in [-0.25, -0.2) is 9.98 Å². The highest BCUT2D eigenvalue weighted by atomic mass is 32.2. The third kappa shape index (κ3) is 9.04. The first-order valence-electron chi connectivity index (χ1n) is 12.1. The fourth-order valence-electron chi connectivity index (χ4n) is 3.19. The maximum Gasteiger partial charge on any atom is 0.275 e. The lowest BCUT2D eigenvalue weighted by atomic mass is 10.0. The monoisotopic (exact) mass is 521 g/mol. The van der Waals surface area contributed by atoms with Crippen molar-refractivity contribution in [3.63, 3.8) is 0 Å². The lowest BCUT2D eigenvalue weighted by molar-refractivity contribution is -0.127. The van der Waals surface area contributed by atoms with Gasteiger partial charge in [0.1, 0.15) is 5.69 Å². The molecule has 0 fully saturated rings. The number of aliphatic imine (C=N–C) groups is 1. The zero-order chi connectivity index (χ0) is 27.4. The first-order chi connectivity index (χ1) is 17.7. The minimum atomic E-state index is -0.375. The van der Waals surface area contributed by atoms with Gasteiger partial charge < -0.3 is 16.2 Å². The van der Waals surface area contributed by atoms with Crippen molar-refractivity contribution < 1.29 is 14.7 Å². The molecule has 1 atom stereocenters. The zero-order valence-electron chi connectivity index (χ0n) is 21.9. The van der Waals surface area contributed by atoms with Crippen LogP contribution in [0.15, 0.2) is 87.7 Å². The van der Waals surface area contributed by atoms with Gasteiger partial charge in [-0.3, -0.25) is 14.5 Å². The number of nitrogens with two attached hydrogens (primary N) is 1. The summed E-state index contributed by atoms with van der Waals surface area (Å²) in [4.78, 5) is 36.9. The highest BCUT2D eigenvalue weighted by Crippen LogP contribution is 2.30. The molecule has 196 valence electrons. The van der Waals surface area contributed by atoms with Crippen LogP contribution in [0, 0.1) is 0 Å². The van der Waals surface area contributed by atoms with Crippen LogP contribution in [-0.2, 0) is 4.79 Å². The van der Waals surface area contributed by atoms with E-state index in [1.54, 1.807) is 33.2 Å². The molecule has 0 saturated heterocycles. The van der Waals surface area contributed by atoms with E-state index < -0.39 is 0 Å². The van der Waals surface area contributed by atoms with Gasteiger partial charge in [-0.1, -0.05) is 55.9 Å². The van der Waals surface area contributed by atoms with Crippen LogP contribution in [0.4, 0.5) is 5.69 Å².